The maximum Gasteiger partial charge on any atom is 0.131 e. The Kier molecular flexibility index (Phi) is 8.43. The molecule has 2 aliphatic heterocycles. The highest BCUT2D eigenvalue weighted by Crippen LogP contribution is 2.38. The Bertz CT molecular complexity index is 1310. The topological polar surface area (TPSA) is 48.8 Å². The molecule has 0 bridgehead atoms. The molecule has 1 atom stereocenters. The number of aromatic nitrogens is 1. The second kappa shape index (κ2) is 11.8. The highest BCUT2D eigenvalue weighted by atomic mass is 35.5. The predicted molar refractivity (Wildman–Crippen MR) is 159 cm³/mol. The smallest absolute Gasteiger partial charge is 0.131 e. The van der Waals surface area contributed by atoms with Crippen LogP contribution in [0.3, 0.4) is 0 Å². The SMILES string of the molecule is CC(C)N(Cc1ccc(Cl)cc1)C1CCN(CC/C=C2/c3cc(C(C)(C)O)ccc3OCc3ncccc32)C1. The molecule has 6 heteroatoms. The Hall–Kier alpha value is -2.70. The summed E-state index contributed by atoms with van der Waals surface area (Å²) in [5.74, 6) is 0.836. The van der Waals surface area contributed by atoms with E-state index in [-0.39, 0.29) is 0 Å². The van der Waals surface area contributed by atoms with Crippen molar-refractivity contribution in [1.29, 1.82) is 0 Å². The fourth-order valence-electron chi connectivity index (χ4n) is 5.77. The van der Waals surface area contributed by atoms with Crippen molar-refractivity contribution < 1.29 is 9.84 Å². The van der Waals surface area contributed by atoms with Gasteiger partial charge in [-0.1, -0.05) is 41.9 Å². The fraction of sp³-hybridized carbons (Fsp3) is 0.424. The Morgan fingerprint density at radius 3 is 2.69 bits per heavy atom. The molecule has 206 valence electrons. The molecule has 1 fully saturated rings. The largest absolute Gasteiger partial charge is 0.487 e. The van der Waals surface area contributed by atoms with Crippen LogP contribution >= 0.6 is 11.6 Å². The quantitative estimate of drug-likeness (QED) is 0.343. The van der Waals surface area contributed by atoms with E-state index in [2.05, 4.69) is 59.0 Å². The zero-order valence-corrected chi connectivity index (χ0v) is 24.3. The van der Waals surface area contributed by atoms with Gasteiger partial charge in [0.05, 0.1) is 11.3 Å². The molecule has 0 radical (unpaired) electrons. The number of nitrogens with zero attached hydrogens (tertiary/aromatic N) is 3. The summed E-state index contributed by atoms with van der Waals surface area (Å²) >= 11 is 6.11. The van der Waals surface area contributed by atoms with Crippen LogP contribution in [-0.2, 0) is 18.8 Å². The van der Waals surface area contributed by atoms with E-state index in [1.54, 1.807) is 0 Å². The third-order valence-electron chi connectivity index (χ3n) is 7.97. The summed E-state index contributed by atoms with van der Waals surface area (Å²) in [4.78, 5) is 9.83. The van der Waals surface area contributed by atoms with Crippen molar-refractivity contribution in [2.45, 2.75) is 71.4 Å². The van der Waals surface area contributed by atoms with Gasteiger partial charge >= 0.3 is 0 Å². The van der Waals surface area contributed by atoms with Crippen molar-refractivity contribution in [1.82, 2.24) is 14.8 Å². The molecule has 2 aromatic carbocycles. The minimum atomic E-state index is -0.928. The van der Waals surface area contributed by atoms with E-state index in [1.807, 2.05) is 50.4 Å². The van der Waals surface area contributed by atoms with E-state index in [9.17, 15) is 5.11 Å². The van der Waals surface area contributed by atoms with Crippen molar-refractivity contribution in [3.8, 4) is 5.75 Å². The van der Waals surface area contributed by atoms with Gasteiger partial charge in [0.2, 0.25) is 0 Å². The normalized spacial score (nSPS) is 18.8. The lowest BCUT2D eigenvalue weighted by Gasteiger charge is -2.33. The number of hydrogen-bond donors (Lipinski definition) is 1. The number of pyridine rings is 1. The summed E-state index contributed by atoms with van der Waals surface area (Å²) in [5, 5.41) is 11.5. The molecule has 1 aromatic heterocycles. The Labute approximate surface area is 238 Å². The molecular formula is C33H40ClN3O2. The highest BCUT2D eigenvalue weighted by Gasteiger charge is 2.29. The second-order valence-corrected chi connectivity index (χ2v) is 12.0. The van der Waals surface area contributed by atoms with Crippen LogP contribution in [0.15, 0.2) is 66.9 Å². The van der Waals surface area contributed by atoms with Crippen LogP contribution in [0.25, 0.3) is 5.57 Å². The lowest BCUT2D eigenvalue weighted by Crippen LogP contribution is -2.41. The van der Waals surface area contributed by atoms with E-state index < -0.39 is 5.60 Å². The molecule has 0 aliphatic carbocycles. The van der Waals surface area contributed by atoms with Crippen molar-refractivity contribution in [2.24, 2.45) is 0 Å². The molecule has 0 amide bonds. The van der Waals surface area contributed by atoms with Gasteiger partial charge in [0.1, 0.15) is 12.4 Å². The number of ether oxygens (including phenoxy) is 1. The molecule has 5 rings (SSSR count). The lowest BCUT2D eigenvalue weighted by molar-refractivity contribution is 0.0785. The maximum absolute atomic E-state index is 10.7. The van der Waals surface area contributed by atoms with Gasteiger partial charge in [-0.2, -0.15) is 0 Å². The van der Waals surface area contributed by atoms with Crippen molar-refractivity contribution >= 4 is 17.2 Å². The average Bonchev–Trinajstić information content (AvgIpc) is 3.31. The molecule has 2 aliphatic rings. The van der Waals surface area contributed by atoms with E-state index in [1.165, 1.54) is 12.0 Å². The number of likely N-dealkylation sites (tertiary alicyclic amines) is 1. The molecule has 39 heavy (non-hydrogen) atoms. The minimum Gasteiger partial charge on any atom is -0.487 e. The molecular weight excluding hydrogens is 506 g/mol. The summed E-state index contributed by atoms with van der Waals surface area (Å²) in [6.45, 7) is 12.8. The molecule has 0 spiro atoms. The van der Waals surface area contributed by atoms with Crippen LogP contribution in [0.4, 0.5) is 0 Å². The van der Waals surface area contributed by atoms with Gasteiger partial charge in [0, 0.05) is 54.1 Å². The van der Waals surface area contributed by atoms with Gasteiger partial charge in [0.15, 0.2) is 0 Å². The van der Waals surface area contributed by atoms with Gasteiger partial charge in [-0.15, -0.1) is 0 Å². The number of fused-ring (bicyclic) bond motifs is 2. The van der Waals surface area contributed by atoms with Gasteiger partial charge in [-0.25, -0.2) is 0 Å². The summed E-state index contributed by atoms with van der Waals surface area (Å²) in [7, 11) is 0. The van der Waals surface area contributed by atoms with E-state index in [4.69, 9.17) is 16.3 Å². The van der Waals surface area contributed by atoms with Crippen molar-refractivity contribution in [2.75, 3.05) is 19.6 Å². The average molecular weight is 546 g/mol. The first kappa shape index (κ1) is 27.9. The Morgan fingerprint density at radius 2 is 1.95 bits per heavy atom. The maximum atomic E-state index is 10.7. The van der Waals surface area contributed by atoms with E-state index >= 15 is 0 Å². The fourth-order valence-corrected chi connectivity index (χ4v) is 5.89. The monoisotopic (exact) mass is 545 g/mol. The lowest BCUT2D eigenvalue weighted by atomic mass is 9.90. The molecule has 1 unspecified atom stereocenters. The second-order valence-electron chi connectivity index (χ2n) is 11.6. The summed E-state index contributed by atoms with van der Waals surface area (Å²) in [6, 6.07) is 19.4. The number of halogens is 1. The van der Waals surface area contributed by atoms with Gasteiger partial charge in [-0.3, -0.25) is 9.88 Å². The first-order valence-corrected chi connectivity index (χ1v) is 14.4. The predicted octanol–water partition coefficient (Wildman–Crippen LogP) is 6.66. The standard InChI is InChI=1S/C33H40ClN3O2/c1-23(2)37(20-24-9-12-26(34)13-10-24)27-15-18-36(21-27)17-6-8-28-29-7-5-16-35-31(29)22-39-32-14-11-25(19-30(28)32)33(3,4)38/h5,7-14,16,19,23,27,38H,6,15,17-18,20-22H2,1-4H3/b28-8+. The summed E-state index contributed by atoms with van der Waals surface area (Å²) in [5.41, 5.74) is 5.47. The number of rotatable bonds is 8. The van der Waals surface area contributed by atoms with Crippen molar-refractivity contribution in [3.63, 3.8) is 0 Å². The molecule has 0 saturated carbocycles. The Balaban J connectivity index is 1.32. The zero-order chi connectivity index (χ0) is 27.6. The molecule has 1 saturated heterocycles. The zero-order valence-electron chi connectivity index (χ0n) is 23.5. The van der Waals surface area contributed by atoms with E-state index in [0.717, 1.165) is 71.3 Å². The summed E-state index contributed by atoms with van der Waals surface area (Å²) in [6.07, 6.45) is 6.28. The first-order valence-electron chi connectivity index (χ1n) is 14.1. The summed E-state index contributed by atoms with van der Waals surface area (Å²) < 4.78 is 6.16. The third-order valence-corrected chi connectivity index (χ3v) is 8.22. The van der Waals surface area contributed by atoms with Crippen LogP contribution in [0.2, 0.25) is 5.02 Å². The number of benzene rings is 2. The van der Waals surface area contributed by atoms with Crippen LogP contribution in [0, 0.1) is 0 Å². The van der Waals surface area contributed by atoms with Gasteiger partial charge in [0.25, 0.3) is 0 Å². The molecule has 1 N–H and O–H groups in total. The van der Waals surface area contributed by atoms with Crippen LogP contribution in [0.5, 0.6) is 5.75 Å². The third kappa shape index (κ3) is 6.55. The highest BCUT2D eigenvalue weighted by molar-refractivity contribution is 6.30. The van der Waals surface area contributed by atoms with Crippen LogP contribution in [0.1, 0.15) is 68.5 Å². The van der Waals surface area contributed by atoms with Crippen LogP contribution in [-0.4, -0.2) is 51.6 Å². The number of aliphatic hydroxyl groups is 1. The first-order chi connectivity index (χ1) is 18.7. The molecule has 3 aromatic rings. The minimum absolute atomic E-state index is 0.439. The number of hydrogen-bond acceptors (Lipinski definition) is 5. The van der Waals surface area contributed by atoms with Gasteiger partial charge < -0.3 is 14.7 Å². The Morgan fingerprint density at radius 1 is 1.15 bits per heavy atom. The molecule has 5 nitrogen and oxygen atoms in total. The van der Waals surface area contributed by atoms with Gasteiger partial charge in [-0.05, 0) is 94.1 Å². The van der Waals surface area contributed by atoms with Crippen molar-refractivity contribution in [3.05, 3.63) is 99.8 Å². The molecule has 3 heterocycles. The van der Waals surface area contributed by atoms with Crippen LogP contribution < -0.4 is 4.74 Å². The van der Waals surface area contributed by atoms with E-state index in [0.29, 0.717) is 18.7 Å².